The highest BCUT2D eigenvalue weighted by Gasteiger charge is 2.22. The van der Waals surface area contributed by atoms with E-state index in [1.807, 2.05) is 36.7 Å². The van der Waals surface area contributed by atoms with Gasteiger partial charge in [-0.1, -0.05) is 12.1 Å². The average molecular weight is 398 g/mol. The van der Waals surface area contributed by atoms with Gasteiger partial charge in [0.25, 0.3) is 5.56 Å². The maximum absolute atomic E-state index is 14.1. The summed E-state index contributed by atoms with van der Waals surface area (Å²) >= 11 is 1.73. The molecule has 0 atom stereocenters. The lowest BCUT2D eigenvalue weighted by atomic mass is 9.98. The van der Waals surface area contributed by atoms with E-state index < -0.39 is 0 Å². The lowest BCUT2D eigenvalue weighted by Crippen LogP contribution is -2.35. The Hall–Kier alpha value is -2.31. The smallest absolute Gasteiger partial charge is 0.258 e. The fraction of sp³-hybridized carbons (Fsp3) is 0.364. The minimum atomic E-state index is -0.278. The number of halogens is 1. The molecule has 6 heteroatoms. The van der Waals surface area contributed by atoms with Crippen molar-refractivity contribution in [2.45, 2.75) is 46.8 Å². The zero-order chi connectivity index (χ0) is 19.8. The lowest BCUT2D eigenvalue weighted by molar-refractivity contribution is 0.242. The van der Waals surface area contributed by atoms with Crippen LogP contribution in [0.4, 0.5) is 4.39 Å². The van der Waals surface area contributed by atoms with Crippen molar-refractivity contribution < 1.29 is 4.39 Å². The maximum Gasteiger partial charge on any atom is 0.258 e. The Kier molecular flexibility index (Phi) is 5.17. The van der Waals surface area contributed by atoms with Crippen molar-refractivity contribution >= 4 is 11.3 Å². The van der Waals surface area contributed by atoms with Crippen LogP contribution in [0.5, 0.6) is 0 Å². The van der Waals surface area contributed by atoms with Gasteiger partial charge in [0, 0.05) is 54.9 Å². The molecule has 0 spiro atoms. The van der Waals surface area contributed by atoms with Crippen LogP contribution in [0.3, 0.4) is 0 Å². The second kappa shape index (κ2) is 7.60. The summed E-state index contributed by atoms with van der Waals surface area (Å²) in [7, 11) is 0. The number of aromatic nitrogens is 2. The molecule has 0 fully saturated rings. The molecule has 0 saturated heterocycles. The van der Waals surface area contributed by atoms with Gasteiger partial charge in [-0.25, -0.2) is 9.37 Å². The summed E-state index contributed by atoms with van der Waals surface area (Å²) < 4.78 is 16.0. The Morgan fingerprint density at radius 3 is 2.75 bits per heavy atom. The molecule has 2 aromatic heterocycles. The molecule has 1 aliphatic heterocycles. The van der Waals surface area contributed by atoms with E-state index in [1.54, 1.807) is 24.3 Å². The number of nitrogens with zero attached hydrogens (tertiary/aromatic N) is 3. The van der Waals surface area contributed by atoms with Gasteiger partial charge in [0.1, 0.15) is 5.82 Å². The maximum atomic E-state index is 14.1. The average Bonchev–Trinajstić information content (AvgIpc) is 3.08. The molecule has 0 bridgehead atoms. The first-order valence-corrected chi connectivity index (χ1v) is 10.4. The fourth-order valence-corrected chi connectivity index (χ4v) is 4.75. The molecule has 0 radical (unpaired) electrons. The van der Waals surface area contributed by atoms with E-state index in [1.165, 1.54) is 10.9 Å². The third-order valence-corrected chi connectivity index (χ3v) is 6.29. The van der Waals surface area contributed by atoms with Gasteiger partial charge < -0.3 is 4.57 Å². The number of thiazole rings is 1. The molecule has 1 aromatic carbocycles. The monoisotopic (exact) mass is 397 g/mol. The number of pyridine rings is 1. The Labute approximate surface area is 168 Å². The van der Waals surface area contributed by atoms with E-state index in [2.05, 4.69) is 9.88 Å². The molecule has 146 valence electrons. The predicted octanol–water partition coefficient (Wildman–Crippen LogP) is 4.31. The van der Waals surface area contributed by atoms with E-state index >= 15 is 0 Å². The second-order valence-electron chi connectivity index (χ2n) is 7.35. The standard InChI is InChI=1S/C22H24FN3OS/c1-4-26-21-7-8-25(13-18-11-24-15(3)28-18)12-17(21)9-19(22(26)27)16-6-5-14(2)20(23)10-16/h5-6,9-11H,4,7-8,12-13H2,1-3H3. The van der Waals surface area contributed by atoms with Crippen molar-refractivity contribution in [1.29, 1.82) is 0 Å². The minimum Gasteiger partial charge on any atom is -0.312 e. The van der Waals surface area contributed by atoms with Gasteiger partial charge in [0.05, 0.1) is 5.01 Å². The summed E-state index contributed by atoms with van der Waals surface area (Å²) in [6.07, 6.45) is 2.79. The fourth-order valence-electron chi connectivity index (χ4n) is 3.91. The molecular formula is C22H24FN3OS. The van der Waals surface area contributed by atoms with Crippen molar-refractivity contribution in [3.63, 3.8) is 0 Å². The molecule has 4 nitrogen and oxygen atoms in total. The van der Waals surface area contributed by atoms with Crippen LogP contribution < -0.4 is 5.56 Å². The van der Waals surface area contributed by atoms with Crippen molar-refractivity contribution in [3.8, 4) is 11.1 Å². The zero-order valence-corrected chi connectivity index (χ0v) is 17.3. The van der Waals surface area contributed by atoms with Crippen molar-refractivity contribution in [1.82, 2.24) is 14.5 Å². The molecule has 0 saturated carbocycles. The molecule has 4 rings (SSSR count). The third-order valence-electron chi connectivity index (χ3n) is 5.40. The number of benzene rings is 1. The van der Waals surface area contributed by atoms with Gasteiger partial charge in [0.2, 0.25) is 0 Å². The van der Waals surface area contributed by atoms with E-state index in [0.29, 0.717) is 23.2 Å². The molecule has 0 aliphatic carbocycles. The summed E-state index contributed by atoms with van der Waals surface area (Å²) in [5.74, 6) is -0.278. The van der Waals surface area contributed by atoms with Crippen LogP contribution in [0.1, 0.15) is 33.6 Å². The Bertz CT molecular complexity index is 1090. The Balaban J connectivity index is 1.72. The number of hydrogen-bond acceptors (Lipinski definition) is 4. The highest BCUT2D eigenvalue weighted by atomic mass is 32.1. The summed E-state index contributed by atoms with van der Waals surface area (Å²) in [6, 6.07) is 7.01. The Morgan fingerprint density at radius 2 is 2.07 bits per heavy atom. The largest absolute Gasteiger partial charge is 0.312 e. The normalized spacial score (nSPS) is 14.3. The first kappa shape index (κ1) is 19.0. The van der Waals surface area contributed by atoms with E-state index in [0.717, 1.165) is 42.3 Å². The van der Waals surface area contributed by atoms with Crippen molar-refractivity contribution in [3.05, 3.63) is 73.3 Å². The van der Waals surface area contributed by atoms with Crippen LogP contribution in [0, 0.1) is 19.7 Å². The molecule has 1 aliphatic rings. The molecule has 0 unspecified atom stereocenters. The molecule has 0 N–H and O–H groups in total. The first-order valence-electron chi connectivity index (χ1n) is 9.62. The minimum absolute atomic E-state index is 0.0314. The lowest BCUT2D eigenvalue weighted by Gasteiger charge is -2.30. The summed E-state index contributed by atoms with van der Waals surface area (Å²) in [5.41, 5.74) is 4.05. The van der Waals surface area contributed by atoms with Gasteiger partial charge in [-0.05, 0) is 49.6 Å². The molecule has 0 amide bonds. The van der Waals surface area contributed by atoms with Gasteiger partial charge in [-0.2, -0.15) is 0 Å². The molecule has 3 heterocycles. The van der Waals surface area contributed by atoms with Crippen LogP contribution in [0.25, 0.3) is 11.1 Å². The molecular weight excluding hydrogens is 373 g/mol. The van der Waals surface area contributed by atoms with Crippen LogP contribution in [-0.2, 0) is 26.1 Å². The number of hydrogen-bond donors (Lipinski definition) is 0. The van der Waals surface area contributed by atoms with Crippen molar-refractivity contribution in [2.75, 3.05) is 6.54 Å². The Morgan fingerprint density at radius 1 is 1.25 bits per heavy atom. The van der Waals surface area contributed by atoms with Crippen LogP contribution in [0.2, 0.25) is 0 Å². The number of fused-ring (bicyclic) bond motifs is 1. The topological polar surface area (TPSA) is 38.1 Å². The van der Waals surface area contributed by atoms with Crippen molar-refractivity contribution in [2.24, 2.45) is 0 Å². The summed E-state index contributed by atoms with van der Waals surface area (Å²) in [6.45, 7) is 8.94. The second-order valence-corrected chi connectivity index (χ2v) is 8.67. The SMILES string of the molecule is CCn1c2c(cc(-c3ccc(C)c(F)c3)c1=O)CN(Cc1cnc(C)s1)CC2. The highest BCUT2D eigenvalue weighted by molar-refractivity contribution is 7.11. The number of rotatable bonds is 4. The summed E-state index contributed by atoms with van der Waals surface area (Å²) in [5, 5.41) is 1.08. The predicted molar refractivity (Wildman–Crippen MR) is 111 cm³/mol. The highest BCUT2D eigenvalue weighted by Crippen LogP contribution is 2.26. The van der Waals surface area contributed by atoms with E-state index in [4.69, 9.17) is 0 Å². The quantitative estimate of drug-likeness (QED) is 0.659. The van der Waals surface area contributed by atoms with E-state index in [-0.39, 0.29) is 11.4 Å². The first-order chi connectivity index (χ1) is 13.5. The van der Waals surface area contributed by atoms with Gasteiger partial charge >= 0.3 is 0 Å². The third kappa shape index (κ3) is 3.54. The molecule has 28 heavy (non-hydrogen) atoms. The van der Waals surface area contributed by atoms with E-state index in [9.17, 15) is 9.18 Å². The zero-order valence-electron chi connectivity index (χ0n) is 16.5. The van der Waals surface area contributed by atoms with Gasteiger partial charge in [0.15, 0.2) is 0 Å². The van der Waals surface area contributed by atoms with Crippen LogP contribution in [-0.4, -0.2) is 21.0 Å². The number of aryl methyl sites for hydroxylation is 2. The molecule has 3 aromatic rings. The van der Waals surface area contributed by atoms with Crippen LogP contribution >= 0.6 is 11.3 Å². The van der Waals surface area contributed by atoms with Gasteiger partial charge in [-0.15, -0.1) is 11.3 Å². The summed E-state index contributed by atoms with van der Waals surface area (Å²) in [4.78, 5) is 21.1. The van der Waals surface area contributed by atoms with Gasteiger partial charge in [-0.3, -0.25) is 9.69 Å². The van der Waals surface area contributed by atoms with Crippen LogP contribution in [0.15, 0.2) is 35.3 Å².